The quantitative estimate of drug-likeness (QED) is 0.833. The average molecular weight is 384 g/mol. The third-order valence-electron chi connectivity index (χ3n) is 5.14. The Morgan fingerprint density at radius 2 is 1.79 bits per heavy atom. The summed E-state index contributed by atoms with van der Waals surface area (Å²) in [6, 6.07) is 13.7. The Balaban J connectivity index is 1.47. The van der Waals surface area contributed by atoms with Crippen LogP contribution in [0.15, 0.2) is 48.5 Å². The van der Waals surface area contributed by atoms with Gasteiger partial charge >= 0.3 is 0 Å². The largest absolute Gasteiger partial charge is 0.496 e. The van der Waals surface area contributed by atoms with Crippen LogP contribution in [0, 0.1) is 11.7 Å². The minimum Gasteiger partial charge on any atom is -0.496 e. The molecule has 0 radical (unpaired) electrons. The molecule has 1 N–H and O–H groups in total. The Labute approximate surface area is 164 Å². The van der Waals surface area contributed by atoms with Gasteiger partial charge in [0.2, 0.25) is 5.91 Å². The summed E-state index contributed by atoms with van der Waals surface area (Å²) in [4.78, 5) is 26.9. The molecule has 1 saturated heterocycles. The predicted molar refractivity (Wildman–Crippen MR) is 105 cm³/mol. The van der Waals surface area contributed by atoms with E-state index < -0.39 is 0 Å². The molecule has 0 aliphatic carbocycles. The van der Waals surface area contributed by atoms with Gasteiger partial charge in [0.05, 0.1) is 12.7 Å². The normalized spacial score (nSPS) is 14.6. The number of rotatable bonds is 6. The Bertz CT molecular complexity index is 832. The highest BCUT2D eigenvalue weighted by molar-refractivity contribution is 5.97. The van der Waals surface area contributed by atoms with Crippen molar-refractivity contribution in [1.29, 1.82) is 0 Å². The number of halogens is 1. The first-order chi connectivity index (χ1) is 13.6. The van der Waals surface area contributed by atoms with E-state index in [-0.39, 0.29) is 23.5 Å². The number of benzene rings is 2. The first kappa shape index (κ1) is 19.9. The van der Waals surface area contributed by atoms with Gasteiger partial charge in [-0.15, -0.1) is 0 Å². The zero-order valence-corrected chi connectivity index (χ0v) is 16.0. The van der Waals surface area contributed by atoms with Crippen LogP contribution >= 0.6 is 0 Å². The first-order valence-electron chi connectivity index (χ1n) is 9.53. The van der Waals surface area contributed by atoms with E-state index in [0.717, 1.165) is 0 Å². The number of hydrogen-bond acceptors (Lipinski definition) is 3. The van der Waals surface area contributed by atoms with Crippen LogP contribution in [0.4, 0.5) is 4.39 Å². The van der Waals surface area contributed by atoms with Gasteiger partial charge in [-0.2, -0.15) is 0 Å². The maximum atomic E-state index is 13.6. The second kappa shape index (κ2) is 9.35. The summed E-state index contributed by atoms with van der Waals surface area (Å²) < 4.78 is 18.9. The molecule has 1 aliphatic rings. The SMILES string of the molecule is COc1ccccc1C(=O)N1CCC(C(=O)NCCc2ccccc2F)CC1. The van der Waals surface area contributed by atoms with E-state index in [4.69, 9.17) is 4.74 Å². The van der Waals surface area contributed by atoms with Crippen molar-refractivity contribution < 1.29 is 18.7 Å². The van der Waals surface area contributed by atoms with Gasteiger partial charge in [0.15, 0.2) is 0 Å². The number of carbonyl (C=O) groups is 2. The molecule has 1 aliphatic heterocycles. The summed E-state index contributed by atoms with van der Waals surface area (Å²) in [5.41, 5.74) is 1.14. The maximum Gasteiger partial charge on any atom is 0.257 e. The average Bonchev–Trinajstić information content (AvgIpc) is 2.74. The number of amides is 2. The van der Waals surface area contributed by atoms with Crippen LogP contribution in [-0.2, 0) is 11.2 Å². The Morgan fingerprint density at radius 3 is 2.50 bits per heavy atom. The Morgan fingerprint density at radius 1 is 1.11 bits per heavy atom. The van der Waals surface area contributed by atoms with Crippen molar-refractivity contribution in [2.24, 2.45) is 5.92 Å². The van der Waals surface area contributed by atoms with E-state index >= 15 is 0 Å². The highest BCUT2D eigenvalue weighted by atomic mass is 19.1. The molecule has 0 unspecified atom stereocenters. The van der Waals surface area contributed by atoms with Crippen LogP contribution in [0.2, 0.25) is 0 Å². The second-order valence-corrected chi connectivity index (χ2v) is 6.90. The fraction of sp³-hybridized carbons (Fsp3) is 0.364. The number of piperidine rings is 1. The van der Waals surface area contributed by atoms with Crippen LogP contribution in [0.25, 0.3) is 0 Å². The van der Waals surface area contributed by atoms with Crippen molar-refractivity contribution >= 4 is 11.8 Å². The number of methoxy groups -OCH3 is 1. The van der Waals surface area contributed by atoms with Gasteiger partial charge in [-0.3, -0.25) is 9.59 Å². The number of likely N-dealkylation sites (tertiary alicyclic amines) is 1. The van der Waals surface area contributed by atoms with E-state index in [2.05, 4.69) is 5.32 Å². The standard InChI is InChI=1S/C22H25FN2O3/c1-28-20-9-5-3-7-18(20)22(27)25-14-11-17(12-15-25)21(26)24-13-10-16-6-2-4-8-19(16)23/h2-9,17H,10-15H2,1H3,(H,24,26). The first-order valence-corrected chi connectivity index (χ1v) is 9.53. The molecule has 5 nitrogen and oxygen atoms in total. The lowest BCUT2D eigenvalue weighted by Gasteiger charge is -2.31. The molecule has 148 valence electrons. The van der Waals surface area contributed by atoms with Crippen LogP contribution < -0.4 is 10.1 Å². The van der Waals surface area contributed by atoms with Gasteiger partial charge in [-0.25, -0.2) is 4.39 Å². The van der Waals surface area contributed by atoms with Gasteiger partial charge < -0.3 is 15.0 Å². The maximum absolute atomic E-state index is 13.6. The van der Waals surface area contributed by atoms with Crippen molar-refractivity contribution in [3.05, 3.63) is 65.5 Å². The summed E-state index contributed by atoms with van der Waals surface area (Å²) in [6.07, 6.45) is 1.70. The molecule has 6 heteroatoms. The van der Waals surface area contributed by atoms with E-state index in [1.165, 1.54) is 6.07 Å². The molecule has 0 bridgehead atoms. The molecule has 0 spiro atoms. The summed E-state index contributed by atoms with van der Waals surface area (Å²) >= 11 is 0. The van der Waals surface area contributed by atoms with Crippen molar-refractivity contribution in [3.8, 4) is 5.75 Å². The molecule has 3 rings (SSSR count). The zero-order valence-electron chi connectivity index (χ0n) is 16.0. The minimum atomic E-state index is -0.250. The van der Waals surface area contributed by atoms with Crippen molar-refractivity contribution in [2.45, 2.75) is 19.3 Å². The second-order valence-electron chi connectivity index (χ2n) is 6.90. The van der Waals surface area contributed by atoms with E-state index in [1.807, 2.05) is 12.1 Å². The van der Waals surface area contributed by atoms with Gasteiger partial charge in [0.25, 0.3) is 5.91 Å². The molecule has 0 saturated carbocycles. The number of nitrogens with one attached hydrogen (secondary N) is 1. The Kier molecular flexibility index (Phi) is 6.63. The molecule has 28 heavy (non-hydrogen) atoms. The number of ether oxygens (including phenoxy) is 1. The van der Waals surface area contributed by atoms with E-state index in [0.29, 0.717) is 55.8 Å². The van der Waals surface area contributed by atoms with Crippen LogP contribution in [0.1, 0.15) is 28.8 Å². The summed E-state index contributed by atoms with van der Waals surface area (Å²) in [5, 5.41) is 2.89. The third-order valence-corrected chi connectivity index (χ3v) is 5.14. The van der Waals surface area contributed by atoms with Crippen LogP contribution in [-0.4, -0.2) is 43.5 Å². The number of para-hydroxylation sites is 1. The van der Waals surface area contributed by atoms with Crippen molar-refractivity contribution in [3.63, 3.8) is 0 Å². The van der Waals surface area contributed by atoms with E-state index in [1.54, 1.807) is 42.3 Å². The molecular formula is C22H25FN2O3. The summed E-state index contributed by atoms with van der Waals surface area (Å²) in [6.45, 7) is 1.46. The Hall–Kier alpha value is -2.89. The molecule has 2 amide bonds. The number of carbonyl (C=O) groups excluding carboxylic acids is 2. The molecule has 2 aromatic carbocycles. The highest BCUT2D eigenvalue weighted by Gasteiger charge is 2.28. The smallest absolute Gasteiger partial charge is 0.257 e. The van der Waals surface area contributed by atoms with Gasteiger partial charge in [0.1, 0.15) is 11.6 Å². The monoisotopic (exact) mass is 384 g/mol. The van der Waals surface area contributed by atoms with Gasteiger partial charge in [0, 0.05) is 25.6 Å². The van der Waals surface area contributed by atoms with Gasteiger partial charge in [-0.05, 0) is 43.0 Å². The molecule has 0 aromatic heterocycles. The van der Waals surface area contributed by atoms with Gasteiger partial charge in [-0.1, -0.05) is 30.3 Å². The molecule has 2 aromatic rings. The summed E-state index contributed by atoms with van der Waals surface area (Å²) in [5.74, 6) is 0.0827. The molecular weight excluding hydrogens is 359 g/mol. The number of hydrogen-bond donors (Lipinski definition) is 1. The van der Waals surface area contributed by atoms with Crippen LogP contribution in [0.5, 0.6) is 5.75 Å². The summed E-state index contributed by atoms with van der Waals surface area (Å²) in [7, 11) is 1.55. The molecule has 1 heterocycles. The van der Waals surface area contributed by atoms with Crippen LogP contribution in [0.3, 0.4) is 0 Å². The predicted octanol–water partition coefficient (Wildman–Crippen LogP) is 3.05. The fourth-order valence-electron chi connectivity index (χ4n) is 3.50. The molecule has 0 atom stereocenters. The lowest BCUT2D eigenvalue weighted by atomic mass is 9.95. The van der Waals surface area contributed by atoms with Crippen molar-refractivity contribution in [2.75, 3.05) is 26.7 Å². The minimum absolute atomic E-state index is 0.0271. The topological polar surface area (TPSA) is 58.6 Å². The van der Waals surface area contributed by atoms with E-state index in [9.17, 15) is 14.0 Å². The fourth-order valence-corrected chi connectivity index (χ4v) is 3.50. The lowest BCUT2D eigenvalue weighted by Crippen LogP contribution is -2.43. The number of nitrogens with zero attached hydrogens (tertiary/aromatic N) is 1. The third kappa shape index (κ3) is 4.68. The van der Waals surface area contributed by atoms with Crippen molar-refractivity contribution in [1.82, 2.24) is 10.2 Å². The molecule has 1 fully saturated rings. The zero-order chi connectivity index (χ0) is 19.9. The lowest BCUT2D eigenvalue weighted by molar-refractivity contribution is -0.126. The highest BCUT2D eigenvalue weighted by Crippen LogP contribution is 2.23.